The molecular formula is C22H29NO. The van der Waals surface area contributed by atoms with Crippen molar-refractivity contribution in [2.24, 2.45) is 11.8 Å². The molecule has 2 heteroatoms. The molecule has 1 atom stereocenters. The monoisotopic (exact) mass is 323 g/mol. The zero-order chi connectivity index (χ0) is 17.5. The maximum atomic E-state index is 12.7. The first kappa shape index (κ1) is 18.3. The summed E-state index contributed by atoms with van der Waals surface area (Å²) in [6, 6.07) is 18.6. The Bertz CT molecular complexity index is 629. The first-order chi connectivity index (χ1) is 11.5. The van der Waals surface area contributed by atoms with Crippen LogP contribution in [0.4, 0.5) is 0 Å². The van der Waals surface area contributed by atoms with Crippen molar-refractivity contribution in [2.45, 2.75) is 46.6 Å². The lowest BCUT2D eigenvalue weighted by atomic mass is 9.86. The van der Waals surface area contributed by atoms with Crippen molar-refractivity contribution in [3.63, 3.8) is 0 Å². The molecule has 1 N–H and O–H groups in total. The van der Waals surface area contributed by atoms with Crippen LogP contribution in [0.3, 0.4) is 0 Å². The SMILES string of the molecule is CC(C)Cc1ccc(C(C(=O)NCc2ccccc2)C(C)C)cc1. The quantitative estimate of drug-likeness (QED) is 0.768. The highest BCUT2D eigenvalue weighted by molar-refractivity contribution is 5.83. The molecule has 0 saturated heterocycles. The predicted octanol–water partition coefficient (Wildman–Crippen LogP) is 4.94. The fraction of sp³-hybridized carbons (Fsp3) is 0.409. The summed E-state index contributed by atoms with van der Waals surface area (Å²) in [5.74, 6) is 0.898. The summed E-state index contributed by atoms with van der Waals surface area (Å²) in [5.41, 5.74) is 3.56. The van der Waals surface area contributed by atoms with Crippen LogP contribution in [0.15, 0.2) is 54.6 Å². The van der Waals surface area contributed by atoms with Crippen LogP contribution in [0.25, 0.3) is 0 Å². The molecule has 2 aromatic carbocycles. The van der Waals surface area contributed by atoms with Gasteiger partial charge in [-0.1, -0.05) is 82.3 Å². The lowest BCUT2D eigenvalue weighted by Gasteiger charge is -2.21. The Hall–Kier alpha value is -2.09. The fourth-order valence-corrected chi connectivity index (χ4v) is 3.07. The van der Waals surface area contributed by atoms with Crippen LogP contribution in [-0.4, -0.2) is 5.91 Å². The molecule has 2 nitrogen and oxygen atoms in total. The zero-order valence-corrected chi connectivity index (χ0v) is 15.3. The fourth-order valence-electron chi connectivity index (χ4n) is 3.07. The normalized spacial score (nSPS) is 12.4. The zero-order valence-electron chi connectivity index (χ0n) is 15.3. The van der Waals surface area contributed by atoms with Gasteiger partial charge in [0, 0.05) is 6.54 Å². The Kier molecular flexibility index (Phi) is 6.60. The van der Waals surface area contributed by atoms with Crippen LogP contribution in [0.2, 0.25) is 0 Å². The number of nitrogens with one attached hydrogen (secondary N) is 1. The summed E-state index contributed by atoms with van der Waals surface area (Å²) in [6.45, 7) is 9.24. The molecule has 2 rings (SSSR count). The number of carbonyl (C=O) groups is 1. The summed E-state index contributed by atoms with van der Waals surface area (Å²) < 4.78 is 0. The molecule has 0 aliphatic carbocycles. The van der Waals surface area contributed by atoms with Crippen molar-refractivity contribution in [2.75, 3.05) is 0 Å². The van der Waals surface area contributed by atoms with E-state index < -0.39 is 0 Å². The van der Waals surface area contributed by atoms with Crippen molar-refractivity contribution in [1.82, 2.24) is 5.32 Å². The van der Waals surface area contributed by atoms with E-state index in [0.717, 1.165) is 17.5 Å². The maximum Gasteiger partial charge on any atom is 0.228 e. The van der Waals surface area contributed by atoms with Crippen molar-refractivity contribution in [3.8, 4) is 0 Å². The van der Waals surface area contributed by atoms with Crippen LogP contribution in [0.5, 0.6) is 0 Å². The maximum absolute atomic E-state index is 12.7. The molecule has 0 fully saturated rings. The molecule has 0 bridgehead atoms. The van der Waals surface area contributed by atoms with E-state index in [1.54, 1.807) is 0 Å². The molecule has 0 radical (unpaired) electrons. The van der Waals surface area contributed by atoms with E-state index in [-0.39, 0.29) is 17.7 Å². The van der Waals surface area contributed by atoms with E-state index >= 15 is 0 Å². The average molecular weight is 323 g/mol. The molecule has 0 aromatic heterocycles. The van der Waals surface area contributed by atoms with E-state index in [4.69, 9.17) is 0 Å². The Balaban J connectivity index is 2.06. The van der Waals surface area contributed by atoms with Crippen LogP contribution in [-0.2, 0) is 17.8 Å². The number of hydrogen-bond donors (Lipinski definition) is 1. The molecule has 2 aromatic rings. The predicted molar refractivity (Wildman–Crippen MR) is 101 cm³/mol. The number of carbonyl (C=O) groups excluding carboxylic acids is 1. The third kappa shape index (κ3) is 5.23. The van der Waals surface area contributed by atoms with Gasteiger partial charge in [0.05, 0.1) is 5.92 Å². The Morgan fingerprint density at radius 2 is 1.50 bits per heavy atom. The minimum atomic E-state index is -0.109. The van der Waals surface area contributed by atoms with E-state index in [9.17, 15) is 4.79 Å². The second kappa shape index (κ2) is 8.68. The van der Waals surface area contributed by atoms with E-state index in [1.807, 2.05) is 30.3 Å². The van der Waals surface area contributed by atoms with Crippen LogP contribution >= 0.6 is 0 Å². The molecule has 128 valence electrons. The van der Waals surface area contributed by atoms with Crippen molar-refractivity contribution in [1.29, 1.82) is 0 Å². The van der Waals surface area contributed by atoms with Crippen LogP contribution in [0.1, 0.15) is 50.3 Å². The van der Waals surface area contributed by atoms with Gasteiger partial charge in [0.1, 0.15) is 0 Å². The Morgan fingerprint density at radius 3 is 2.04 bits per heavy atom. The summed E-state index contributed by atoms with van der Waals surface area (Å²) in [5, 5.41) is 3.09. The highest BCUT2D eigenvalue weighted by Crippen LogP contribution is 2.25. The third-order valence-corrected chi connectivity index (χ3v) is 4.24. The van der Waals surface area contributed by atoms with E-state index in [2.05, 4.69) is 57.3 Å². The van der Waals surface area contributed by atoms with Crippen molar-refractivity contribution < 1.29 is 4.79 Å². The molecule has 0 heterocycles. The minimum Gasteiger partial charge on any atom is -0.351 e. The summed E-state index contributed by atoms with van der Waals surface area (Å²) in [6.07, 6.45) is 1.08. The van der Waals surface area contributed by atoms with Gasteiger partial charge in [-0.05, 0) is 34.9 Å². The Morgan fingerprint density at radius 1 is 0.875 bits per heavy atom. The minimum absolute atomic E-state index is 0.102. The van der Waals surface area contributed by atoms with Crippen molar-refractivity contribution >= 4 is 5.91 Å². The second-order valence-corrected chi connectivity index (χ2v) is 7.26. The molecular weight excluding hydrogens is 294 g/mol. The standard InChI is InChI=1S/C22H29NO/c1-16(2)14-18-10-12-20(13-11-18)21(17(3)4)22(24)23-15-19-8-6-5-7-9-19/h5-13,16-17,21H,14-15H2,1-4H3,(H,23,24). The molecule has 1 amide bonds. The average Bonchev–Trinajstić information content (AvgIpc) is 2.55. The summed E-state index contributed by atoms with van der Waals surface area (Å²) in [4.78, 5) is 12.7. The van der Waals surface area contributed by atoms with Crippen LogP contribution < -0.4 is 5.32 Å². The number of rotatable bonds is 7. The van der Waals surface area contributed by atoms with Gasteiger partial charge in [-0.25, -0.2) is 0 Å². The van der Waals surface area contributed by atoms with E-state index in [0.29, 0.717) is 12.5 Å². The van der Waals surface area contributed by atoms with Gasteiger partial charge in [0.25, 0.3) is 0 Å². The number of benzene rings is 2. The largest absolute Gasteiger partial charge is 0.351 e. The number of amides is 1. The molecule has 0 spiro atoms. The van der Waals surface area contributed by atoms with Crippen molar-refractivity contribution in [3.05, 3.63) is 71.3 Å². The topological polar surface area (TPSA) is 29.1 Å². The number of hydrogen-bond acceptors (Lipinski definition) is 1. The second-order valence-electron chi connectivity index (χ2n) is 7.26. The van der Waals surface area contributed by atoms with Gasteiger partial charge in [0.15, 0.2) is 0 Å². The Labute approximate surface area is 146 Å². The van der Waals surface area contributed by atoms with Gasteiger partial charge in [-0.15, -0.1) is 0 Å². The highest BCUT2D eigenvalue weighted by Gasteiger charge is 2.23. The van der Waals surface area contributed by atoms with Gasteiger partial charge in [-0.3, -0.25) is 4.79 Å². The lowest BCUT2D eigenvalue weighted by Crippen LogP contribution is -2.31. The molecule has 0 aliphatic rings. The molecule has 0 aliphatic heterocycles. The summed E-state index contributed by atoms with van der Waals surface area (Å²) >= 11 is 0. The van der Waals surface area contributed by atoms with Crippen LogP contribution in [0, 0.1) is 11.8 Å². The third-order valence-electron chi connectivity index (χ3n) is 4.24. The van der Waals surface area contributed by atoms with Gasteiger partial charge >= 0.3 is 0 Å². The first-order valence-corrected chi connectivity index (χ1v) is 8.88. The molecule has 1 unspecified atom stereocenters. The highest BCUT2D eigenvalue weighted by atomic mass is 16.1. The van der Waals surface area contributed by atoms with E-state index in [1.165, 1.54) is 5.56 Å². The van der Waals surface area contributed by atoms with Gasteiger partial charge in [0.2, 0.25) is 5.91 Å². The van der Waals surface area contributed by atoms with Gasteiger partial charge in [-0.2, -0.15) is 0 Å². The molecule has 24 heavy (non-hydrogen) atoms. The smallest absolute Gasteiger partial charge is 0.228 e. The summed E-state index contributed by atoms with van der Waals surface area (Å²) in [7, 11) is 0. The van der Waals surface area contributed by atoms with Gasteiger partial charge < -0.3 is 5.32 Å². The molecule has 0 saturated carbocycles. The first-order valence-electron chi connectivity index (χ1n) is 8.88. The lowest BCUT2D eigenvalue weighted by molar-refractivity contribution is -0.123.